The van der Waals surface area contributed by atoms with Gasteiger partial charge in [0.05, 0.1) is 4.90 Å². The fourth-order valence-electron chi connectivity index (χ4n) is 5.57. The first-order chi connectivity index (χ1) is 25.8. The zero-order chi connectivity index (χ0) is 40.4. The van der Waals surface area contributed by atoms with Crippen molar-refractivity contribution in [3.8, 4) is 34.5 Å². The smallest absolute Gasteiger partial charge is 0.298 e. The van der Waals surface area contributed by atoms with Crippen molar-refractivity contribution in [2.75, 3.05) is 0 Å². The fourth-order valence-corrected chi connectivity index (χ4v) is 8.00. The van der Waals surface area contributed by atoms with Crippen LogP contribution in [0.25, 0.3) is 0 Å². The number of benzene rings is 4. The van der Waals surface area contributed by atoms with Crippen molar-refractivity contribution in [1.82, 2.24) is 0 Å². The van der Waals surface area contributed by atoms with Crippen molar-refractivity contribution < 1.29 is 66.1 Å². The van der Waals surface area contributed by atoms with Gasteiger partial charge in [-0.2, -0.15) is 33.7 Å². The van der Waals surface area contributed by atoms with Crippen LogP contribution in [-0.4, -0.2) is 51.9 Å². The van der Waals surface area contributed by atoms with Crippen molar-refractivity contribution in [3.63, 3.8) is 0 Å². The quantitative estimate of drug-likeness (QED) is 0.0453. The summed E-state index contributed by atoms with van der Waals surface area (Å²) < 4.78 is 153. The minimum Gasteiger partial charge on any atom is -0.456 e. The Morgan fingerprint density at radius 1 is 0.436 bits per heavy atom. The Hall–Kier alpha value is -4.08. The highest BCUT2D eigenvalue weighted by molar-refractivity contribution is 7.86. The topological polar surface area (TPSA) is 245 Å². The Kier molecular flexibility index (Phi) is 14.8. The molecule has 0 atom stereocenters. The lowest BCUT2D eigenvalue weighted by atomic mass is 10.0. The third-order valence-electron chi connectivity index (χ3n) is 8.28. The molecular weight excluding hydrogens is 801 g/mol. The van der Waals surface area contributed by atoms with Gasteiger partial charge < -0.3 is 14.2 Å². The van der Waals surface area contributed by atoms with Gasteiger partial charge >= 0.3 is 0 Å². The van der Waals surface area contributed by atoms with Crippen LogP contribution in [0.2, 0.25) is 0 Å². The van der Waals surface area contributed by atoms with Crippen molar-refractivity contribution in [3.05, 3.63) is 84.4 Å². The molecule has 4 N–H and O–H groups in total. The Labute approximate surface area is 321 Å². The standard InChI is InChI=1S/C36H42O15S4/c1-2-3-4-5-6-7-8-9-10-11-13-26-16-19-31(34(22-26)53(40,41)42)50-28-18-21-33(36(24-28)55(46,47)48)51-29-17-20-32(35(25-29)54(43,44)45)49-27-14-12-15-30(23-27)52(37,38)39/h12,14-25H,2-11,13H2,1H3,(H,37,38,39)(H,40,41,42)(H,43,44,45)(H,46,47,48). The summed E-state index contributed by atoms with van der Waals surface area (Å²) in [6.45, 7) is 2.18. The average Bonchev–Trinajstić information content (AvgIpc) is 3.09. The maximum Gasteiger partial charge on any atom is 0.298 e. The Bertz CT molecular complexity index is 2410. The molecule has 4 aromatic carbocycles. The summed E-state index contributed by atoms with van der Waals surface area (Å²) in [6.07, 6.45) is 11.8. The third kappa shape index (κ3) is 13.3. The van der Waals surface area contributed by atoms with Gasteiger partial charge in [0.2, 0.25) is 0 Å². The van der Waals surface area contributed by atoms with Gasteiger partial charge in [-0.3, -0.25) is 18.2 Å². The van der Waals surface area contributed by atoms with Gasteiger partial charge in [0.15, 0.2) is 0 Å². The van der Waals surface area contributed by atoms with Crippen LogP contribution in [0.15, 0.2) is 98.4 Å². The zero-order valence-electron chi connectivity index (χ0n) is 29.7. The predicted octanol–water partition coefficient (Wildman–Crippen LogP) is 8.51. The summed E-state index contributed by atoms with van der Waals surface area (Å²) in [5.41, 5.74) is 0.634. The van der Waals surface area contributed by atoms with Gasteiger partial charge in [-0.1, -0.05) is 76.8 Å². The van der Waals surface area contributed by atoms with Crippen LogP contribution in [0.4, 0.5) is 0 Å². The average molecular weight is 843 g/mol. The molecule has 19 heteroatoms. The van der Waals surface area contributed by atoms with Gasteiger partial charge in [-0.25, -0.2) is 0 Å². The molecule has 4 aromatic rings. The summed E-state index contributed by atoms with van der Waals surface area (Å²) in [4.78, 5) is -2.89. The highest BCUT2D eigenvalue weighted by Crippen LogP contribution is 2.38. The number of ether oxygens (including phenoxy) is 3. The molecule has 0 aliphatic carbocycles. The van der Waals surface area contributed by atoms with E-state index >= 15 is 0 Å². The Morgan fingerprint density at radius 2 is 0.836 bits per heavy atom. The lowest BCUT2D eigenvalue weighted by Gasteiger charge is -2.15. The second-order valence-electron chi connectivity index (χ2n) is 12.6. The lowest BCUT2D eigenvalue weighted by Crippen LogP contribution is -2.05. The van der Waals surface area contributed by atoms with E-state index in [0.717, 1.165) is 74.2 Å². The molecule has 0 aliphatic heterocycles. The van der Waals surface area contributed by atoms with E-state index in [1.165, 1.54) is 62.8 Å². The highest BCUT2D eigenvalue weighted by atomic mass is 32.2. The van der Waals surface area contributed by atoms with E-state index in [4.69, 9.17) is 14.2 Å². The molecule has 0 radical (unpaired) electrons. The van der Waals surface area contributed by atoms with E-state index < -0.39 is 71.6 Å². The van der Waals surface area contributed by atoms with Crippen LogP contribution in [0.5, 0.6) is 34.5 Å². The summed E-state index contributed by atoms with van der Waals surface area (Å²) in [7, 11) is -19.6. The first-order valence-electron chi connectivity index (χ1n) is 17.2. The van der Waals surface area contributed by atoms with Gasteiger partial charge in [0.1, 0.15) is 49.2 Å². The van der Waals surface area contributed by atoms with Gasteiger partial charge in [-0.15, -0.1) is 0 Å². The molecule has 0 spiro atoms. The number of unbranched alkanes of at least 4 members (excludes halogenated alkanes) is 9. The molecule has 0 saturated carbocycles. The van der Waals surface area contributed by atoms with Crippen molar-refractivity contribution in [2.45, 2.75) is 97.1 Å². The Balaban J connectivity index is 1.52. The number of hydrogen-bond acceptors (Lipinski definition) is 11. The van der Waals surface area contributed by atoms with Gasteiger partial charge in [0, 0.05) is 18.2 Å². The molecule has 55 heavy (non-hydrogen) atoms. The molecule has 0 saturated heterocycles. The van der Waals surface area contributed by atoms with Gasteiger partial charge in [0.25, 0.3) is 40.5 Å². The SMILES string of the molecule is CCCCCCCCCCCCc1ccc(Oc2ccc(Oc3ccc(Oc4cccc(S(=O)(=O)O)c4)c(S(=O)(=O)O)c3)c(S(=O)(=O)O)c2)c(S(=O)(=O)O)c1. The number of hydrogen-bond donors (Lipinski definition) is 4. The molecule has 0 heterocycles. The molecule has 0 aromatic heterocycles. The molecule has 0 fully saturated rings. The van der Waals surface area contributed by atoms with Crippen LogP contribution in [-0.2, 0) is 46.9 Å². The van der Waals surface area contributed by atoms with Crippen molar-refractivity contribution in [2.24, 2.45) is 0 Å². The van der Waals surface area contributed by atoms with Gasteiger partial charge in [-0.05, 0) is 66.9 Å². The molecule has 300 valence electrons. The molecule has 0 unspecified atom stereocenters. The maximum atomic E-state index is 12.4. The first-order valence-corrected chi connectivity index (χ1v) is 23.0. The summed E-state index contributed by atoms with van der Waals surface area (Å²) >= 11 is 0. The van der Waals surface area contributed by atoms with Crippen LogP contribution in [0, 0.1) is 0 Å². The van der Waals surface area contributed by atoms with E-state index in [2.05, 4.69) is 6.92 Å². The fraction of sp³-hybridized carbons (Fsp3) is 0.333. The summed E-state index contributed by atoms with van der Waals surface area (Å²) in [5.74, 6) is -2.30. The van der Waals surface area contributed by atoms with E-state index in [-0.39, 0.29) is 23.0 Å². The van der Waals surface area contributed by atoms with E-state index in [1.807, 2.05) is 0 Å². The lowest BCUT2D eigenvalue weighted by molar-refractivity contribution is 0.427. The van der Waals surface area contributed by atoms with Crippen LogP contribution in [0.1, 0.15) is 76.7 Å². The number of aryl methyl sites for hydroxylation is 1. The van der Waals surface area contributed by atoms with Crippen molar-refractivity contribution in [1.29, 1.82) is 0 Å². The minimum atomic E-state index is -5.08. The van der Waals surface area contributed by atoms with E-state index in [1.54, 1.807) is 6.07 Å². The predicted molar refractivity (Wildman–Crippen MR) is 201 cm³/mol. The molecule has 0 amide bonds. The monoisotopic (exact) mass is 842 g/mol. The zero-order valence-corrected chi connectivity index (χ0v) is 33.0. The molecule has 0 aliphatic rings. The molecule has 0 bridgehead atoms. The second-order valence-corrected chi connectivity index (χ2v) is 18.2. The third-order valence-corrected chi connectivity index (χ3v) is 11.8. The normalized spacial score (nSPS) is 12.4. The molecule has 15 nitrogen and oxygen atoms in total. The second kappa shape index (κ2) is 18.7. The highest BCUT2D eigenvalue weighted by Gasteiger charge is 2.24. The molecule has 4 rings (SSSR count). The maximum absolute atomic E-state index is 12.4. The first kappa shape index (κ1) is 43.6. The minimum absolute atomic E-state index is 0.237. The van der Waals surface area contributed by atoms with Crippen molar-refractivity contribution >= 4 is 40.5 Å². The number of rotatable bonds is 21. The Morgan fingerprint density at radius 3 is 1.27 bits per heavy atom. The van der Waals surface area contributed by atoms with Crippen LogP contribution in [0.3, 0.4) is 0 Å². The largest absolute Gasteiger partial charge is 0.456 e. The summed E-state index contributed by atoms with van der Waals surface area (Å²) in [6, 6.07) is 14.4. The van der Waals surface area contributed by atoms with Crippen LogP contribution < -0.4 is 14.2 Å². The van der Waals surface area contributed by atoms with E-state index in [9.17, 15) is 51.9 Å². The molecular formula is C36H42O15S4. The van der Waals surface area contributed by atoms with E-state index in [0.29, 0.717) is 12.0 Å². The van der Waals surface area contributed by atoms with Crippen LogP contribution >= 0.6 is 0 Å². The summed E-state index contributed by atoms with van der Waals surface area (Å²) in [5, 5.41) is 0.